The van der Waals surface area contributed by atoms with E-state index in [4.69, 9.17) is 11.6 Å². The molecule has 0 saturated carbocycles. The second kappa shape index (κ2) is 4.37. The molecule has 1 aromatic rings. The molecular formula is C11H10ClNO4S. The predicted molar refractivity (Wildman–Crippen MR) is 67.8 cm³/mol. The third-order valence-electron chi connectivity index (χ3n) is 2.62. The minimum atomic E-state index is -3.20. The van der Waals surface area contributed by atoms with Gasteiger partial charge in [-0.25, -0.2) is 8.42 Å². The zero-order chi connectivity index (χ0) is 13.5. The monoisotopic (exact) mass is 287 g/mol. The summed E-state index contributed by atoms with van der Waals surface area (Å²) in [5.41, 5.74) is 0.638. The maximum Gasteiger partial charge on any atom is 0.299 e. The van der Waals surface area contributed by atoms with Crippen molar-refractivity contribution in [2.75, 3.05) is 23.5 Å². The van der Waals surface area contributed by atoms with Crippen LogP contribution in [0.5, 0.6) is 0 Å². The minimum Gasteiger partial charge on any atom is -0.304 e. The average Bonchev–Trinajstić information content (AvgIpc) is 2.48. The molecule has 18 heavy (non-hydrogen) atoms. The predicted octanol–water partition coefficient (Wildman–Crippen LogP) is 0.914. The van der Waals surface area contributed by atoms with Gasteiger partial charge in [0.25, 0.3) is 11.7 Å². The van der Waals surface area contributed by atoms with Crippen molar-refractivity contribution in [2.24, 2.45) is 0 Å². The lowest BCUT2D eigenvalue weighted by molar-refractivity contribution is -0.114. The molecule has 0 saturated heterocycles. The van der Waals surface area contributed by atoms with Gasteiger partial charge in [-0.05, 0) is 18.2 Å². The highest BCUT2D eigenvalue weighted by Crippen LogP contribution is 2.31. The molecule has 0 unspecified atom stereocenters. The quantitative estimate of drug-likeness (QED) is 0.775. The van der Waals surface area contributed by atoms with Gasteiger partial charge in [0.05, 0.1) is 17.0 Å². The number of anilines is 1. The number of nitrogens with zero attached hydrogens (tertiary/aromatic N) is 1. The van der Waals surface area contributed by atoms with Gasteiger partial charge in [0.2, 0.25) is 0 Å². The smallest absolute Gasteiger partial charge is 0.299 e. The molecule has 5 nitrogen and oxygen atoms in total. The van der Waals surface area contributed by atoms with Crippen LogP contribution in [0, 0.1) is 0 Å². The molecule has 1 aliphatic heterocycles. The van der Waals surface area contributed by atoms with E-state index in [1.165, 1.54) is 18.2 Å². The number of benzene rings is 1. The summed E-state index contributed by atoms with van der Waals surface area (Å²) in [5, 5.41) is 0.389. The highest BCUT2D eigenvalue weighted by Gasteiger charge is 2.35. The van der Waals surface area contributed by atoms with Gasteiger partial charge in [-0.2, -0.15) is 0 Å². The highest BCUT2D eigenvalue weighted by molar-refractivity contribution is 7.90. The van der Waals surface area contributed by atoms with E-state index in [9.17, 15) is 18.0 Å². The number of hydrogen-bond acceptors (Lipinski definition) is 4. The number of carbonyl (C=O) groups is 2. The first kappa shape index (κ1) is 13.0. The van der Waals surface area contributed by atoms with E-state index in [0.29, 0.717) is 10.7 Å². The lowest BCUT2D eigenvalue weighted by Crippen LogP contribution is -2.33. The third-order valence-corrected chi connectivity index (χ3v) is 3.78. The lowest BCUT2D eigenvalue weighted by atomic mass is 10.1. The van der Waals surface area contributed by atoms with E-state index >= 15 is 0 Å². The van der Waals surface area contributed by atoms with Gasteiger partial charge in [0.1, 0.15) is 9.84 Å². The Morgan fingerprint density at radius 2 is 1.94 bits per heavy atom. The molecule has 0 fully saturated rings. The van der Waals surface area contributed by atoms with Crippen molar-refractivity contribution in [1.82, 2.24) is 0 Å². The molecular weight excluding hydrogens is 278 g/mol. The number of rotatable bonds is 3. The fraction of sp³-hybridized carbons (Fsp3) is 0.273. The molecule has 0 atom stereocenters. The first-order valence-electron chi connectivity index (χ1n) is 5.13. The van der Waals surface area contributed by atoms with E-state index < -0.39 is 21.5 Å². The van der Waals surface area contributed by atoms with Crippen molar-refractivity contribution in [1.29, 1.82) is 0 Å². The number of sulfone groups is 1. The van der Waals surface area contributed by atoms with Crippen LogP contribution in [-0.4, -0.2) is 38.7 Å². The van der Waals surface area contributed by atoms with Gasteiger partial charge in [0.15, 0.2) is 0 Å². The van der Waals surface area contributed by atoms with E-state index in [0.717, 1.165) is 11.2 Å². The summed E-state index contributed by atoms with van der Waals surface area (Å²) in [7, 11) is -3.20. The third kappa shape index (κ3) is 2.39. The van der Waals surface area contributed by atoms with Crippen molar-refractivity contribution < 1.29 is 18.0 Å². The van der Waals surface area contributed by atoms with Crippen molar-refractivity contribution >= 4 is 38.8 Å². The van der Waals surface area contributed by atoms with Crippen LogP contribution in [0.15, 0.2) is 18.2 Å². The Morgan fingerprint density at radius 3 is 2.56 bits per heavy atom. The van der Waals surface area contributed by atoms with Gasteiger partial charge < -0.3 is 4.90 Å². The molecule has 1 heterocycles. The fourth-order valence-electron chi connectivity index (χ4n) is 1.75. The molecule has 0 radical (unpaired) electrons. The Kier molecular flexibility index (Phi) is 3.16. The van der Waals surface area contributed by atoms with Crippen LogP contribution >= 0.6 is 11.6 Å². The molecule has 1 aliphatic rings. The molecule has 96 valence electrons. The molecule has 0 aliphatic carbocycles. The zero-order valence-electron chi connectivity index (χ0n) is 9.51. The molecule has 2 rings (SSSR count). The van der Waals surface area contributed by atoms with E-state index in [2.05, 4.69) is 0 Å². The molecule has 0 spiro atoms. The standard InChI is InChI=1S/C11H10ClNO4S/c1-18(16,17)5-4-13-9-6-7(12)2-3-8(9)10(14)11(13)15/h2-3,6H,4-5H2,1H3. The molecule has 7 heteroatoms. The topological polar surface area (TPSA) is 71.5 Å². The van der Waals surface area contributed by atoms with Crippen LogP contribution < -0.4 is 4.90 Å². The first-order chi connectivity index (χ1) is 8.29. The summed E-state index contributed by atoms with van der Waals surface area (Å²) in [6.45, 7) is -0.0449. The van der Waals surface area contributed by atoms with E-state index in [1.54, 1.807) is 0 Å². The van der Waals surface area contributed by atoms with Crippen molar-refractivity contribution in [3.05, 3.63) is 28.8 Å². The minimum absolute atomic E-state index is 0.0449. The molecule has 1 aromatic carbocycles. The maximum absolute atomic E-state index is 11.7. The van der Waals surface area contributed by atoms with Gasteiger partial charge >= 0.3 is 0 Å². The second-order valence-electron chi connectivity index (χ2n) is 4.08. The Hall–Kier alpha value is -1.40. The van der Waals surface area contributed by atoms with Crippen LogP contribution in [0.3, 0.4) is 0 Å². The normalized spacial score (nSPS) is 15.1. The summed E-state index contributed by atoms with van der Waals surface area (Å²) in [6.07, 6.45) is 1.08. The van der Waals surface area contributed by atoms with Crippen LogP contribution in [0.2, 0.25) is 5.02 Å². The number of amides is 1. The first-order valence-corrected chi connectivity index (χ1v) is 7.57. The van der Waals surface area contributed by atoms with Gasteiger partial charge in [-0.3, -0.25) is 9.59 Å². The van der Waals surface area contributed by atoms with E-state index in [1.807, 2.05) is 0 Å². The summed E-state index contributed by atoms with van der Waals surface area (Å²) in [6, 6.07) is 4.48. The van der Waals surface area contributed by atoms with E-state index in [-0.39, 0.29) is 17.9 Å². The number of ketones is 1. The van der Waals surface area contributed by atoms with Gasteiger partial charge in [-0.1, -0.05) is 11.6 Å². The summed E-state index contributed by atoms with van der Waals surface area (Å²) in [5.74, 6) is -1.54. The average molecular weight is 288 g/mol. The Morgan fingerprint density at radius 1 is 1.28 bits per heavy atom. The van der Waals surface area contributed by atoms with Crippen molar-refractivity contribution in [2.45, 2.75) is 0 Å². The summed E-state index contributed by atoms with van der Waals surface area (Å²) in [4.78, 5) is 24.5. The molecule has 0 N–H and O–H groups in total. The number of carbonyl (C=O) groups excluding carboxylic acids is 2. The van der Waals surface area contributed by atoms with Crippen LogP contribution in [0.4, 0.5) is 5.69 Å². The largest absolute Gasteiger partial charge is 0.304 e. The summed E-state index contributed by atoms with van der Waals surface area (Å²) < 4.78 is 22.2. The van der Waals surface area contributed by atoms with Crippen molar-refractivity contribution in [3.63, 3.8) is 0 Å². The SMILES string of the molecule is CS(=O)(=O)CCN1C(=O)C(=O)c2ccc(Cl)cc21. The van der Waals surface area contributed by atoms with Crippen LogP contribution in [0.25, 0.3) is 0 Å². The molecule has 0 aromatic heterocycles. The Bertz CT molecular complexity index is 638. The van der Waals surface area contributed by atoms with Crippen molar-refractivity contribution in [3.8, 4) is 0 Å². The molecule has 1 amide bonds. The number of Topliss-reactive ketones (excluding diaryl/α,β-unsaturated/α-hetero) is 1. The fourth-order valence-corrected chi connectivity index (χ4v) is 2.43. The maximum atomic E-state index is 11.7. The van der Waals surface area contributed by atoms with Gasteiger partial charge in [-0.15, -0.1) is 0 Å². The Balaban J connectivity index is 2.36. The lowest BCUT2D eigenvalue weighted by Gasteiger charge is -2.15. The summed E-state index contributed by atoms with van der Waals surface area (Å²) >= 11 is 5.81. The number of halogens is 1. The Labute approximate surface area is 109 Å². The van der Waals surface area contributed by atoms with Crippen LogP contribution in [-0.2, 0) is 14.6 Å². The zero-order valence-corrected chi connectivity index (χ0v) is 11.1. The molecule has 0 bridgehead atoms. The number of fused-ring (bicyclic) bond motifs is 1. The van der Waals surface area contributed by atoms with Gasteiger partial charge in [0, 0.05) is 17.8 Å². The van der Waals surface area contributed by atoms with Crippen LogP contribution in [0.1, 0.15) is 10.4 Å². The highest BCUT2D eigenvalue weighted by atomic mass is 35.5. The number of hydrogen-bond donors (Lipinski definition) is 0. The second-order valence-corrected chi connectivity index (χ2v) is 6.77.